The lowest BCUT2D eigenvalue weighted by molar-refractivity contribution is -0.173. The van der Waals surface area contributed by atoms with E-state index in [-0.39, 0.29) is 39.3 Å². The molecule has 0 aliphatic heterocycles. The van der Waals surface area contributed by atoms with Crippen LogP contribution in [-0.4, -0.2) is 48.6 Å². The lowest BCUT2D eigenvalue weighted by Gasteiger charge is -2.26. The van der Waals surface area contributed by atoms with Gasteiger partial charge in [-0.05, 0) is 33.6 Å². The lowest BCUT2D eigenvalue weighted by Crippen LogP contribution is -2.42. The van der Waals surface area contributed by atoms with Gasteiger partial charge in [0.05, 0.1) is 13.2 Å². The van der Waals surface area contributed by atoms with Crippen molar-refractivity contribution in [3.63, 3.8) is 0 Å². The van der Waals surface area contributed by atoms with E-state index in [1.807, 2.05) is 0 Å². The number of aliphatic hydroxyl groups is 2. The number of esters is 2. The number of carbonyl (C=O) groups excluding carboxylic acids is 2. The van der Waals surface area contributed by atoms with Gasteiger partial charge in [0.15, 0.2) is 5.41 Å². The topological polar surface area (TPSA) is 93.1 Å². The highest BCUT2D eigenvalue weighted by atomic mass is 16.6. The summed E-state index contributed by atoms with van der Waals surface area (Å²) in [6.07, 6.45) is 0.284. The molecule has 0 fully saturated rings. The molecule has 0 spiro atoms. The van der Waals surface area contributed by atoms with Crippen LogP contribution < -0.4 is 0 Å². The van der Waals surface area contributed by atoms with Crippen molar-refractivity contribution in [3.8, 4) is 0 Å². The molecule has 0 aliphatic carbocycles. The summed E-state index contributed by atoms with van der Waals surface area (Å²) in [5.74, 6) is -1.24. The standard InChI is InChI=1S/C11H20O5.C2H6O/c1-4-11(7-8-12,9(13)15-5-2)10(14)16-6-3;1-2-3/h12H,4-8H2,1-3H3;3H,2H2,1H3. The molecular formula is C13H26O6. The molecule has 0 aliphatic rings. The molecule has 0 rings (SSSR count). The van der Waals surface area contributed by atoms with Gasteiger partial charge >= 0.3 is 11.9 Å². The third-order valence-corrected chi connectivity index (χ3v) is 2.47. The van der Waals surface area contributed by atoms with Crippen molar-refractivity contribution in [2.75, 3.05) is 26.4 Å². The van der Waals surface area contributed by atoms with Crippen molar-refractivity contribution in [2.45, 2.75) is 40.5 Å². The number of carbonyl (C=O) groups is 2. The second kappa shape index (κ2) is 11.9. The molecule has 2 N–H and O–H groups in total. The second-order valence-corrected chi connectivity index (χ2v) is 3.67. The Bertz CT molecular complexity index is 234. The highest BCUT2D eigenvalue weighted by Crippen LogP contribution is 2.30. The highest BCUT2D eigenvalue weighted by molar-refractivity contribution is 6.00. The van der Waals surface area contributed by atoms with Crippen LogP contribution >= 0.6 is 0 Å². The molecule has 0 amide bonds. The minimum absolute atomic E-state index is 0.0289. The number of hydrogen-bond donors (Lipinski definition) is 2. The minimum atomic E-state index is -1.36. The van der Waals surface area contributed by atoms with Crippen molar-refractivity contribution in [1.82, 2.24) is 0 Å². The smallest absolute Gasteiger partial charge is 0.323 e. The first-order valence-electron chi connectivity index (χ1n) is 6.56. The van der Waals surface area contributed by atoms with Gasteiger partial charge in [-0.1, -0.05) is 6.92 Å². The fraction of sp³-hybridized carbons (Fsp3) is 0.846. The van der Waals surface area contributed by atoms with E-state index in [0.717, 1.165) is 0 Å². The van der Waals surface area contributed by atoms with Gasteiger partial charge in [-0.25, -0.2) is 0 Å². The Morgan fingerprint density at radius 1 is 0.947 bits per heavy atom. The molecule has 0 aromatic carbocycles. The molecule has 0 saturated carbocycles. The van der Waals surface area contributed by atoms with E-state index in [1.54, 1.807) is 27.7 Å². The summed E-state index contributed by atoms with van der Waals surface area (Å²) in [6.45, 7) is 7.11. The molecule has 6 heteroatoms. The van der Waals surface area contributed by atoms with E-state index in [4.69, 9.17) is 19.7 Å². The summed E-state index contributed by atoms with van der Waals surface area (Å²) in [7, 11) is 0. The van der Waals surface area contributed by atoms with Gasteiger partial charge in [0.2, 0.25) is 0 Å². The SMILES string of the molecule is CCO.CCOC(=O)C(CC)(CCO)C(=O)OCC. The second-order valence-electron chi connectivity index (χ2n) is 3.67. The molecule has 0 bridgehead atoms. The van der Waals surface area contributed by atoms with Gasteiger partial charge in [-0.3, -0.25) is 9.59 Å². The average Bonchev–Trinajstić information content (AvgIpc) is 2.37. The van der Waals surface area contributed by atoms with Crippen LogP contribution in [0.2, 0.25) is 0 Å². The first kappa shape index (κ1) is 20.2. The van der Waals surface area contributed by atoms with E-state index >= 15 is 0 Å². The van der Waals surface area contributed by atoms with E-state index in [1.165, 1.54) is 0 Å². The first-order valence-corrected chi connectivity index (χ1v) is 6.56. The van der Waals surface area contributed by atoms with Gasteiger partial charge < -0.3 is 19.7 Å². The quantitative estimate of drug-likeness (QED) is 0.530. The zero-order valence-electron chi connectivity index (χ0n) is 12.3. The Kier molecular flexibility index (Phi) is 12.7. The fourth-order valence-electron chi connectivity index (χ4n) is 1.48. The Morgan fingerprint density at radius 3 is 1.53 bits per heavy atom. The summed E-state index contributed by atoms with van der Waals surface area (Å²) in [6, 6.07) is 0. The monoisotopic (exact) mass is 278 g/mol. The van der Waals surface area contributed by atoms with Crippen LogP contribution in [0.25, 0.3) is 0 Å². The van der Waals surface area contributed by atoms with Crippen molar-refractivity contribution < 1.29 is 29.3 Å². The minimum Gasteiger partial charge on any atom is -0.465 e. The van der Waals surface area contributed by atoms with Crippen molar-refractivity contribution in [1.29, 1.82) is 0 Å². The van der Waals surface area contributed by atoms with Gasteiger partial charge in [0, 0.05) is 13.2 Å². The maximum Gasteiger partial charge on any atom is 0.323 e. The molecule has 6 nitrogen and oxygen atoms in total. The Balaban J connectivity index is 0. The molecule has 0 unspecified atom stereocenters. The molecule has 114 valence electrons. The zero-order chi connectivity index (χ0) is 15.3. The average molecular weight is 278 g/mol. The molecular weight excluding hydrogens is 252 g/mol. The van der Waals surface area contributed by atoms with Crippen molar-refractivity contribution in [3.05, 3.63) is 0 Å². The summed E-state index contributed by atoms with van der Waals surface area (Å²) in [5.41, 5.74) is -1.36. The van der Waals surface area contributed by atoms with E-state index < -0.39 is 17.4 Å². The largest absolute Gasteiger partial charge is 0.465 e. The number of hydrogen-bond acceptors (Lipinski definition) is 6. The Morgan fingerprint density at radius 2 is 1.32 bits per heavy atom. The van der Waals surface area contributed by atoms with Gasteiger partial charge in [-0.15, -0.1) is 0 Å². The zero-order valence-corrected chi connectivity index (χ0v) is 12.3. The van der Waals surface area contributed by atoms with Crippen LogP contribution in [0, 0.1) is 5.41 Å². The third kappa shape index (κ3) is 6.54. The summed E-state index contributed by atoms with van der Waals surface area (Å²) >= 11 is 0. The van der Waals surface area contributed by atoms with Gasteiger partial charge in [0.1, 0.15) is 0 Å². The highest BCUT2D eigenvalue weighted by Gasteiger charge is 2.46. The predicted octanol–water partition coefficient (Wildman–Crippen LogP) is 0.890. The molecule has 0 aromatic rings. The van der Waals surface area contributed by atoms with Gasteiger partial charge in [0.25, 0.3) is 0 Å². The molecule has 0 radical (unpaired) electrons. The Hall–Kier alpha value is -1.14. The Labute approximate surface area is 114 Å². The van der Waals surface area contributed by atoms with Crippen molar-refractivity contribution in [2.24, 2.45) is 5.41 Å². The van der Waals surface area contributed by atoms with E-state index in [0.29, 0.717) is 0 Å². The normalized spacial score (nSPS) is 10.2. The molecule has 0 atom stereocenters. The maximum absolute atomic E-state index is 11.8. The summed E-state index contributed by atoms with van der Waals surface area (Å²) < 4.78 is 9.73. The van der Waals surface area contributed by atoms with Crippen LogP contribution in [0.4, 0.5) is 0 Å². The summed E-state index contributed by atoms with van der Waals surface area (Å²) in [4.78, 5) is 23.5. The predicted molar refractivity (Wildman–Crippen MR) is 70.5 cm³/mol. The maximum atomic E-state index is 11.8. The number of aliphatic hydroxyl groups excluding tert-OH is 2. The van der Waals surface area contributed by atoms with E-state index in [9.17, 15) is 9.59 Å². The fourth-order valence-corrected chi connectivity index (χ4v) is 1.48. The van der Waals surface area contributed by atoms with Crippen LogP contribution in [0.5, 0.6) is 0 Å². The molecule has 19 heavy (non-hydrogen) atoms. The molecule has 0 heterocycles. The molecule has 0 saturated heterocycles. The van der Waals surface area contributed by atoms with Crippen LogP contribution in [0.1, 0.15) is 40.5 Å². The third-order valence-electron chi connectivity index (χ3n) is 2.47. The summed E-state index contributed by atoms with van der Waals surface area (Å²) in [5, 5.41) is 16.5. The first-order chi connectivity index (χ1) is 9.00. The van der Waals surface area contributed by atoms with Crippen LogP contribution in [0.15, 0.2) is 0 Å². The van der Waals surface area contributed by atoms with Gasteiger partial charge in [-0.2, -0.15) is 0 Å². The van der Waals surface area contributed by atoms with Crippen molar-refractivity contribution >= 4 is 11.9 Å². The van der Waals surface area contributed by atoms with Crippen LogP contribution in [-0.2, 0) is 19.1 Å². The van der Waals surface area contributed by atoms with E-state index in [2.05, 4.69) is 0 Å². The van der Waals surface area contributed by atoms with Crippen LogP contribution in [0.3, 0.4) is 0 Å². The lowest BCUT2D eigenvalue weighted by atomic mass is 9.82. The molecule has 0 aromatic heterocycles. The number of ether oxygens (including phenoxy) is 2. The number of rotatable bonds is 7.